The van der Waals surface area contributed by atoms with E-state index in [9.17, 15) is 14.9 Å². The second-order valence-corrected chi connectivity index (χ2v) is 5.32. The number of amides is 1. The molecule has 2 atom stereocenters. The Bertz CT molecular complexity index is 530. The Labute approximate surface area is 117 Å². The molecule has 1 amide bonds. The van der Waals surface area contributed by atoms with E-state index in [1.54, 1.807) is 6.07 Å². The first-order chi connectivity index (χ1) is 9.47. The molecule has 0 spiro atoms. The maximum Gasteiger partial charge on any atom is 0.271 e. The van der Waals surface area contributed by atoms with Gasteiger partial charge in [0.25, 0.3) is 5.69 Å². The van der Waals surface area contributed by atoms with Gasteiger partial charge in [-0.1, -0.05) is 6.07 Å². The van der Waals surface area contributed by atoms with Crippen LogP contribution < -0.4 is 10.6 Å². The number of aryl methyl sites for hydroxylation is 1. The summed E-state index contributed by atoms with van der Waals surface area (Å²) < 4.78 is 0. The summed E-state index contributed by atoms with van der Waals surface area (Å²) >= 11 is 0. The molecule has 6 heteroatoms. The van der Waals surface area contributed by atoms with Gasteiger partial charge in [0.2, 0.25) is 5.91 Å². The number of hydrogen-bond acceptors (Lipinski definition) is 4. The summed E-state index contributed by atoms with van der Waals surface area (Å²) in [5.41, 5.74) is 1.34. The lowest BCUT2D eigenvalue weighted by molar-refractivity contribution is -0.384. The zero-order valence-electron chi connectivity index (χ0n) is 11.7. The highest BCUT2D eigenvalue weighted by atomic mass is 16.6. The summed E-state index contributed by atoms with van der Waals surface area (Å²) in [4.78, 5) is 22.6. The maximum atomic E-state index is 12.2. The van der Waals surface area contributed by atoms with Crippen LogP contribution in [0.4, 0.5) is 11.4 Å². The van der Waals surface area contributed by atoms with E-state index < -0.39 is 4.92 Å². The molecule has 6 nitrogen and oxygen atoms in total. The van der Waals surface area contributed by atoms with Gasteiger partial charge in [-0.15, -0.1) is 0 Å². The van der Waals surface area contributed by atoms with Crippen molar-refractivity contribution >= 4 is 17.3 Å². The minimum atomic E-state index is -0.457. The molecule has 1 aliphatic heterocycles. The Morgan fingerprint density at radius 3 is 2.90 bits per heavy atom. The number of nitro benzene ring substituents is 1. The molecule has 0 saturated carbocycles. The van der Waals surface area contributed by atoms with Crippen LogP contribution in [0.1, 0.15) is 25.3 Å². The number of benzene rings is 1. The molecule has 0 unspecified atom stereocenters. The normalized spacial score (nSPS) is 22.3. The van der Waals surface area contributed by atoms with Gasteiger partial charge in [-0.05, 0) is 38.8 Å². The lowest BCUT2D eigenvalue weighted by Gasteiger charge is -2.27. The molecule has 2 N–H and O–H groups in total. The molecule has 20 heavy (non-hydrogen) atoms. The highest BCUT2D eigenvalue weighted by Gasteiger charge is 2.25. The molecule has 1 heterocycles. The Hall–Kier alpha value is -1.95. The van der Waals surface area contributed by atoms with Gasteiger partial charge in [0.1, 0.15) is 0 Å². The average molecular weight is 277 g/mol. The third kappa shape index (κ3) is 3.33. The minimum Gasteiger partial charge on any atom is -0.325 e. The van der Waals surface area contributed by atoms with Crippen LogP contribution in [0.5, 0.6) is 0 Å². The Morgan fingerprint density at radius 2 is 2.25 bits per heavy atom. The lowest BCUT2D eigenvalue weighted by Crippen LogP contribution is -2.40. The quantitative estimate of drug-likeness (QED) is 0.655. The number of anilines is 1. The molecule has 1 aromatic rings. The fraction of sp³-hybridized carbons (Fsp3) is 0.500. The van der Waals surface area contributed by atoms with Crippen molar-refractivity contribution in [2.75, 3.05) is 11.9 Å². The van der Waals surface area contributed by atoms with Crippen LogP contribution in [-0.2, 0) is 4.79 Å². The third-order valence-corrected chi connectivity index (χ3v) is 3.68. The highest BCUT2D eigenvalue weighted by Crippen LogP contribution is 2.24. The number of rotatable bonds is 3. The molecule has 0 bridgehead atoms. The van der Waals surface area contributed by atoms with Crippen LogP contribution in [0.25, 0.3) is 0 Å². The Morgan fingerprint density at radius 1 is 1.50 bits per heavy atom. The van der Waals surface area contributed by atoms with Crippen LogP contribution in [0.2, 0.25) is 0 Å². The zero-order valence-corrected chi connectivity index (χ0v) is 11.7. The Kier molecular flexibility index (Phi) is 4.34. The standard InChI is InChI=1S/C14H19N3O3/c1-9-3-4-12(17(19)20)8-13(9)16-14(18)11-5-6-15-10(2)7-11/h3-4,8,10-11,15H,5-7H2,1-2H3,(H,16,18)/t10-,11-/m0/s1. The molecular formula is C14H19N3O3. The predicted octanol–water partition coefficient (Wildman–Crippen LogP) is 2.23. The summed E-state index contributed by atoms with van der Waals surface area (Å²) in [5.74, 6) is -0.0909. The van der Waals surface area contributed by atoms with Gasteiger partial charge >= 0.3 is 0 Å². The predicted molar refractivity (Wildman–Crippen MR) is 76.7 cm³/mol. The van der Waals surface area contributed by atoms with Gasteiger partial charge in [-0.2, -0.15) is 0 Å². The van der Waals surface area contributed by atoms with Crippen molar-refractivity contribution in [3.8, 4) is 0 Å². The van der Waals surface area contributed by atoms with E-state index in [1.807, 2.05) is 6.92 Å². The van der Waals surface area contributed by atoms with Crippen LogP contribution >= 0.6 is 0 Å². The van der Waals surface area contributed by atoms with Crippen molar-refractivity contribution in [2.24, 2.45) is 5.92 Å². The van der Waals surface area contributed by atoms with E-state index in [2.05, 4.69) is 17.6 Å². The van der Waals surface area contributed by atoms with Gasteiger partial charge in [-0.3, -0.25) is 14.9 Å². The summed E-state index contributed by atoms with van der Waals surface area (Å²) in [6.45, 7) is 4.70. The summed E-state index contributed by atoms with van der Waals surface area (Å²) in [6.07, 6.45) is 1.59. The SMILES string of the molecule is Cc1ccc([N+](=O)[O-])cc1NC(=O)[C@H]1CCN[C@@H](C)C1. The van der Waals surface area contributed by atoms with Crippen LogP contribution in [-0.4, -0.2) is 23.4 Å². The smallest absolute Gasteiger partial charge is 0.271 e. The number of carbonyl (C=O) groups excluding carboxylic acids is 1. The van der Waals surface area contributed by atoms with Crippen molar-refractivity contribution < 1.29 is 9.72 Å². The minimum absolute atomic E-state index is 0.00965. The molecule has 1 aromatic carbocycles. The van der Waals surface area contributed by atoms with E-state index in [4.69, 9.17) is 0 Å². The first kappa shape index (κ1) is 14.5. The van der Waals surface area contributed by atoms with E-state index in [-0.39, 0.29) is 17.5 Å². The van der Waals surface area contributed by atoms with Crippen LogP contribution in [0, 0.1) is 23.0 Å². The first-order valence-electron chi connectivity index (χ1n) is 6.76. The maximum absolute atomic E-state index is 12.2. The van der Waals surface area contributed by atoms with Crippen molar-refractivity contribution in [1.82, 2.24) is 5.32 Å². The third-order valence-electron chi connectivity index (χ3n) is 3.68. The number of nitro groups is 1. The van der Waals surface area contributed by atoms with Gasteiger partial charge in [0, 0.05) is 24.1 Å². The van der Waals surface area contributed by atoms with Crippen LogP contribution in [0.15, 0.2) is 18.2 Å². The molecule has 1 saturated heterocycles. The van der Waals surface area contributed by atoms with Gasteiger partial charge in [-0.25, -0.2) is 0 Å². The van der Waals surface area contributed by atoms with E-state index >= 15 is 0 Å². The summed E-state index contributed by atoms with van der Waals surface area (Å²) in [7, 11) is 0. The van der Waals surface area contributed by atoms with Crippen molar-refractivity contribution in [1.29, 1.82) is 0 Å². The highest BCUT2D eigenvalue weighted by molar-refractivity contribution is 5.93. The molecular weight excluding hydrogens is 258 g/mol. The molecule has 2 rings (SSSR count). The van der Waals surface area contributed by atoms with Gasteiger partial charge < -0.3 is 10.6 Å². The summed E-state index contributed by atoms with van der Waals surface area (Å²) in [6, 6.07) is 4.83. The average Bonchev–Trinajstić information content (AvgIpc) is 2.41. The number of nitrogens with one attached hydrogen (secondary N) is 2. The van der Waals surface area contributed by atoms with E-state index in [0.717, 1.165) is 24.9 Å². The van der Waals surface area contributed by atoms with Crippen molar-refractivity contribution in [3.63, 3.8) is 0 Å². The fourth-order valence-electron chi connectivity index (χ4n) is 2.46. The molecule has 0 aromatic heterocycles. The van der Waals surface area contributed by atoms with Crippen molar-refractivity contribution in [2.45, 2.75) is 32.7 Å². The number of hydrogen-bond donors (Lipinski definition) is 2. The largest absolute Gasteiger partial charge is 0.325 e. The molecule has 0 radical (unpaired) electrons. The van der Waals surface area contributed by atoms with E-state index in [1.165, 1.54) is 12.1 Å². The summed E-state index contributed by atoms with van der Waals surface area (Å²) in [5, 5.41) is 16.9. The molecule has 0 aliphatic carbocycles. The Balaban J connectivity index is 2.10. The number of non-ortho nitro benzene ring substituents is 1. The van der Waals surface area contributed by atoms with E-state index in [0.29, 0.717) is 11.7 Å². The van der Waals surface area contributed by atoms with Crippen LogP contribution in [0.3, 0.4) is 0 Å². The fourth-order valence-corrected chi connectivity index (χ4v) is 2.46. The monoisotopic (exact) mass is 277 g/mol. The zero-order chi connectivity index (χ0) is 14.7. The van der Waals surface area contributed by atoms with Gasteiger partial charge in [0.15, 0.2) is 0 Å². The lowest BCUT2D eigenvalue weighted by atomic mass is 9.92. The molecule has 1 fully saturated rings. The number of carbonyl (C=O) groups is 1. The van der Waals surface area contributed by atoms with Gasteiger partial charge in [0.05, 0.1) is 10.6 Å². The second kappa shape index (κ2) is 6.00. The topological polar surface area (TPSA) is 84.3 Å². The first-order valence-corrected chi connectivity index (χ1v) is 6.76. The molecule has 1 aliphatic rings. The van der Waals surface area contributed by atoms with Crippen molar-refractivity contribution in [3.05, 3.63) is 33.9 Å². The number of nitrogens with zero attached hydrogens (tertiary/aromatic N) is 1. The second-order valence-electron chi connectivity index (χ2n) is 5.32. The number of piperidine rings is 1. The molecule has 108 valence electrons.